The third-order valence-electron chi connectivity index (χ3n) is 4.06. The lowest BCUT2D eigenvalue weighted by Gasteiger charge is -2.22. The molecule has 4 heteroatoms. The van der Waals surface area contributed by atoms with Crippen molar-refractivity contribution in [1.29, 1.82) is 0 Å². The van der Waals surface area contributed by atoms with Crippen molar-refractivity contribution < 1.29 is 9.59 Å². The van der Waals surface area contributed by atoms with Gasteiger partial charge in [0.05, 0.1) is 6.54 Å². The summed E-state index contributed by atoms with van der Waals surface area (Å²) in [6, 6.07) is 15.7. The Morgan fingerprint density at radius 2 is 1.87 bits per heavy atom. The van der Waals surface area contributed by atoms with Crippen LogP contribution in [0, 0.1) is 6.92 Å². The smallest absolute Gasteiger partial charge is 0.255 e. The summed E-state index contributed by atoms with van der Waals surface area (Å²) in [5.41, 5.74) is 8.96. The van der Waals surface area contributed by atoms with E-state index in [1.165, 1.54) is 0 Å². The van der Waals surface area contributed by atoms with Crippen LogP contribution in [0.5, 0.6) is 0 Å². The number of nitrogens with zero attached hydrogens (tertiary/aromatic N) is 1. The molecule has 0 bridgehead atoms. The minimum atomic E-state index is -0.474. The topological polar surface area (TPSA) is 63.4 Å². The van der Waals surface area contributed by atoms with Crippen LogP contribution in [0.4, 0.5) is 0 Å². The highest BCUT2D eigenvalue weighted by atomic mass is 16.2. The Bertz CT molecular complexity index is 751. The highest BCUT2D eigenvalue weighted by Crippen LogP contribution is 2.31. The summed E-state index contributed by atoms with van der Waals surface area (Å²) in [5, 5.41) is 0. The summed E-state index contributed by atoms with van der Waals surface area (Å²) in [6.45, 7) is 2.00. The third kappa shape index (κ3) is 3.42. The summed E-state index contributed by atoms with van der Waals surface area (Å²) >= 11 is 0. The van der Waals surface area contributed by atoms with E-state index in [4.69, 9.17) is 5.73 Å². The van der Waals surface area contributed by atoms with Crippen LogP contribution in [-0.2, 0) is 4.79 Å². The van der Waals surface area contributed by atoms with Gasteiger partial charge in [-0.15, -0.1) is 0 Å². The molecule has 2 aromatic rings. The van der Waals surface area contributed by atoms with E-state index >= 15 is 0 Å². The lowest BCUT2D eigenvalue weighted by Crippen LogP contribution is -2.40. The highest BCUT2D eigenvalue weighted by Gasteiger charge is 2.34. The van der Waals surface area contributed by atoms with Crippen molar-refractivity contribution in [2.24, 2.45) is 5.73 Å². The Hall–Kier alpha value is -2.62. The minimum absolute atomic E-state index is 0.0222. The second-order valence-corrected chi connectivity index (χ2v) is 6.05. The molecule has 2 N–H and O–H groups in total. The van der Waals surface area contributed by atoms with Crippen LogP contribution >= 0.6 is 0 Å². The van der Waals surface area contributed by atoms with Crippen LogP contribution in [0.3, 0.4) is 0 Å². The number of hydrogen-bond donors (Lipinski definition) is 1. The van der Waals surface area contributed by atoms with Crippen LogP contribution in [-0.4, -0.2) is 29.3 Å². The molecule has 1 saturated carbocycles. The van der Waals surface area contributed by atoms with Crippen LogP contribution in [0.25, 0.3) is 11.1 Å². The Labute approximate surface area is 135 Å². The normalized spacial score (nSPS) is 13.6. The van der Waals surface area contributed by atoms with Crippen LogP contribution in [0.2, 0.25) is 0 Å². The van der Waals surface area contributed by atoms with Gasteiger partial charge in [0.1, 0.15) is 0 Å². The molecule has 1 aliphatic carbocycles. The maximum atomic E-state index is 13.0. The van der Waals surface area contributed by atoms with Crippen LogP contribution < -0.4 is 5.73 Å². The molecular formula is C19H20N2O2. The summed E-state index contributed by atoms with van der Waals surface area (Å²) in [4.78, 5) is 25.9. The zero-order valence-electron chi connectivity index (χ0n) is 13.2. The second kappa shape index (κ2) is 6.24. The predicted octanol–water partition coefficient (Wildman–Crippen LogP) is 2.75. The fraction of sp³-hybridized carbons (Fsp3) is 0.263. The molecule has 0 spiro atoms. The number of carbonyl (C=O) groups is 2. The van der Waals surface area contributed by atoms with Gasteiger partial charge in [0.25, 0.3) is 5.91 Å². The number of carbonyl (C=O) groups excluding carboxylic acids is 2. The monoisotopic (exact) mass is 308 g/mol. The maximum absolute atomic E-state index is 13.0. The predicted molar refractivity (Wildman–Crippen MR) is 89.9 cm³/mol. The number of benzene rings is 2. The fourth-order valence-electron chi connectivity index (χ4n) is 2.81. The molecule has 0 unspecified atom stereocenters. The van der Waals surface area contributed by atoms with Crippen LogP contribution in [0.1, 0.15) is 28.8 Å². The van der Waals surface area contributed by atoms with Gasteiger partial charge < -0.3 is 10.6 Å². The van der Waals surface area contributed by atoms with Gasteiger partial charge in [-0.1, -0.05) is 48.0 Å². The molecule has 0 heterocycles. The first kappa shape index (κ1) is 15.3. The molecule has 0 aromatic heterocycles. The first-order chi connectivity index (χ1) is 11.1. The summed E-state index contributed by atoms with van der Waals surface area (Å²) in [7, 11) is 0. The summed E-state index contributed by atoms with van der Waals surface area (Å²) in [5.74, 6) is -0.596. The molecule has 0 aliphatic heterocycles. The molecule has 1 fully saturated rings. The Morgan fingerprint density at radius 3 is 2.52 bits per heavy atom. The quantitative estimate of drug-likeness (QED) is 0.923. The van der Waals surface area contributed by atoms with Gasteiger partial charge in [-0.25, -0.2) is 0 Å². The van der Waals surface area contributed by atoms with Gasteiger partial charge in [0, 0.05) is 11.6 Å². The van der Waals surface area contributed by atoms with Crippen molar-refractivity contribution in [2.75, 3.05) is 6.54 Å². The van der Waals surface area contributed by atoms with Gasteiger partial charge in [0.2, 0.25) is 5.91 Å². The molecule has 2 amide bonds. The summed E-state index contributed by atoms with van der Waals surface area (Å²) in [6.07, 6.45) is 1.87. The van der Waals surface area contributed by atoms with E-state index in [1.807, 2.05) is 49.4 Å². The molecular weight excluding hydrogens is 288 g/mol. The molecule has 0 atom stereocenters. The molecule has 0 radical (unpaired) electrons. The lowest BCUT2D eigenvalue weighted by atomic mass is 9.97. The Balaban J connectivity index is 1.99. The number of rotatable bonds is 5. The van der Waals surface area contributed by atoms with Gasteiger partial charge in [-0.3, -0.25) is 9.59 Å². The van der Waals surface area contributed by atoms with Gasteiger partial charge in [-0.05, 0) is 37.0 Å². The minimum Gasteiger partial charge on any atom is -0.368 e. The second-order valence-electron chi connectivity index (χ2n) is 6.05. The Kier molecular flexibility index (Phi) is 4.15. The zero-order valence-corrected chi connectivity index (χ0v) is 13.2. The number of hydrogen-bond acceptors (Lipinski definition) is 2. The Morgan fingerprint density at radius 1 is 1.13 bits per heavy atom. The SMILES string of the molecule is Cc1cccc(-c2ccccc2C(=O)N(CC(N)=O)C2CC2)c1. The van der Waals surface area contributed by atoms with Crippen molar-refractivity contribution in [3.63, 3.8) is 0 Å². The molecule has 1 aliphatic rings. The van der Waals surface area contributed by atoms with Crippen LogP contribution in [0.15, 0.2) is 48.5 Å². The van der Waals surface area contributed by atoms with Crippen molar-refractivity contribution in [2.45, 2.75) is 25.8 Å². The highest BCUT2D eigenvalue weighted by molar-refractivity contribution is 6.02. The van der Waals surface area contributed by atoms with E-state index in [0.29, 0.717) is 5.56 Å². The van der Waals surface area contributed by atoms with Gasteiger partial charge in [0.15, 0.2) is 0 Å². The largest absolute Gasteiger partial charge is 0.368 e. The molecule has 0 saturated heterocycles. The lowest BCUT2D eigenvalue weighted by molar-refractivity contribution is -0.118. The number of primary amides is 1. The molecule has 118 valence electrons. The average molecular weight is 308 g/mol. The molecule has 3 rings (SSSR count). The number of aryl methyl sites for hydroxylation is 1. The molecule has 2 aromatic carbocycles. The fourth-order valence-corrected chi connectivity index (χ4v) is 2.81. The van der Waals surface area contributed by atoms with Crippen molar-refractivity contribution >= 4 is 11.8 Å². The average Bonchev–Trinajstić information content (AvgIpc) is 3.36. The number of nitrogens with two attached hydrogens (primary N) is 1. The third-order valence-corrected chi connectivity index (χ3v) is 4.06. The van der Waals surface area contributed by atoms with Crippen molar-refractivity contribution in [3.8, 4) is 11.1 Å². The first-order valence-electron chi connectivity index (χ1n) is 7.81. The van der Waals surface area contributed by atoms with E-state index in [0.717, 1.165) is 29.5 Å². The summed E-state index contributed by atoms with van der Waals surface area (Å²) < 4.78 is 0. The van der Waals surface area contributed by atoms with E-state index in [9.17, 15) is 9.59 Å². The van der Waals surface area contributed by atoms with Gasteiger partial charge >= 0.3 is 0 Å². The molecule has 4 nitrogen and oxygen atoms in total. The van der Waals surface area contributed by atoms with Crippen molar-refractivity contribution in [3.05, 3.63) is 59.7 Å². The standard InChI is InChI=1S/C19H20N2O2/c1-13-5-4-6-14(11-13)16-7-2-3-8-17(16)19(23)21(12-18(20)22)15-9-10-15/h2-8,11,15H,9-10,12H2,1H3,(H2,20,22). The zero-order chi connectivity index (χ0) is 16.4. The number of amides is 2. The first-order valence-corrected chi connectivity index (χ1v) is 7.81. The van der Waals surface area contributed by atoms with E-state index < -0.39 is 5.91 Å². The van der Waals surface area contributed by atoms with Crippen molar-refractivity contribution in [1.82, 2.24) is 4.90 Å². The van der Waals surface area contributed by atoms with E-state index in [1.54, 1.807) is 4.90 Å². The van der Waals surface area contributed by atoms with E-state index in [-0.39, 0.29) is 18.5 Å². The molecule has 23 heavy (non-hydrogen) atoms. The van der Waals surface area contributed by atoms with Gasteiger partial charge in [-0.2, -0.15) is 0 Å². The maximum Gasteiger partial charge on any atom is 0.255 e. The van der Waals surface area contributed by atoms with E-state index in [2.05, 4.69) is 6.07 Å².